The summed E-state index contributed by atoms with van der Waals surface area (Å²) in [6.07, 6.45) is 0. The molecule has 0 fully saturated rings. The molecule has 0 aromatic heterocycles. The van der Waals surface area contributed by atoms with Gasteiger partial charge >= 0.3 is 0 Å². The van der Waals surface area contributed by atoms with Gasteiger partial charge in [0, 0.05) is 11.2 Å². The lowest BCUT2D eigenvalue weighted by Crippen LogP contribution is -2.03. The van der Waals surface area contributed by atoms with Crippen molar-refractivity contribution in [2.24, 2.45) is 0 Å². The SMILES string of the molecule is COOS(=O)(=S)c1ccccc1. The third-order valence-electron chi connectivity index (χ3n) is 1.19. The molecule has 0 amide bonds. The fourth-order valence-corrected chi connectivity index (χ4v) is 1.96. The Morgan fingerprint density at radius 1 is 1.33 bits per heavy atom. The van der Waals surface area contributed by atoms with Crippen LogP contribution in [-0.4, -0.2) is 11.3 Å². The molecule has 0 aliphatic rings. The van der Waals surface area contributed by atoms with Crippen LogP contribution in [0.25, 0.3) is 0 Å². The van der Waals surface area contributed by atoms with E-state index in [9.17, 15) is 4.21 Å². The van der Waals surface area contributed by atoms with Crippen LogP contribution in [-0.2, 0) is 29.2 Å². The molecule has 1 aromatic carbocycles. The molecule has 1 unspecified atom stereocenters. The van der Waals surface area contributed by atoms with Gasteiger partial charge in [0.05, 0.1) is 12.0 Å². The maximum absolute atomic E-state index is 11.5. The smallest absolute Gasteiger partial charge is 0.202 e. The highest BCUT2D eigenvalue weighted by Crippen LogP contribution is 2.11. The second-order valence-corrected chi connectivity index (χ2v) is 4.83. The monoisotopic (exact) mass is 204 g/mol. The lowest BCUT2D eigenvalue weighted by molar-refractivity contribution is -0.167. The van der Waals surface area contributed by atoms with Crippen LogP contribution in [0.15, 0.2) is 35.2 Å². The quantitative estimate of drug-likeness (QED) is 0.549. The maximum atomic E-state index is 11.5. The molecule has 0 aliphatic carbocycles. The van der Waals surface area contributed by atoms with Crippen LogP contribution in [0.2, 0.25) is 0 Å². The molecule has 0 saturated heterocycles. The highest BCUT2D eigenvalue weighted by molar-refractivity contribution is 8.30. The minimum atomic E-state index is -2.90. The number of rotatable bonds is 3. The summed E-state index contributed by atoms with van der Waals surface area (Å²) in [5, 5.41) is 0. The summed E-state index contributed by atoms with van der Waals surface area (Å²) in [5.74, 6) is 0. The summed E-state index contributed by atoms with van der Waals surface area (Å²) in [4.78, 5) is 4.73. The summed E-state index contributed by atoms with van der Waals surface area (Å²) in [7, 11) is -1.63. The highest BCUT2D eigenvalue weighted by atomic mass is 32.8. The molecule has 0 bridgehead atoms. The van der Waals surface area contributed by atoms with Crippen molar-refractivity contribution >= 4 is 20.0 Å². The van der Waals surface area contributed by atoms with E-state index in [-0.39, 0.29) is 0 Å². The summed E-state index contributed by atoms with van der Waals surface area (Å²) < 4.78 is 15.9. The molecule has 1 aromatic rings. The van der Waals surface area contributed by atoms with E-state index in [1.54, 1.807) is 30.3 Å². The maximum Gasteiger partial charge on any atom is 0.202 e. The predicted octanol–water partition coefficient (Wildman–Crippen LogP) is 1.28. The van der Waals surface area contributed by atoms with E-state index in [1.165, 1.54) is 7.11 Å². The van der Waals surface area contributed by atoms with E-state index in [1.807, 2.05) is 0 Å². The van der Waals surface area contributed by atoms with Gasteiger partial charge < -0.3 is 0 Å². The average Bonchev–Trinajstić information content (AvgIpc) is 2.06. The molecule has 1 atom stereocenters. The molecule has 0 spiro atoms. The molecule has 0 radical (unpaired) electrons. The van der Waals surface area contributed by atoms with Gasteiger partial charge in [0.25, 0.3) is 0 Å². The molecule has 1 rings (SSSR count). The van der Waals surface area contributed by atoms with E-state index >= 15 is 0 Å². The van der Waals surface area contributed by atoms with E-state index in [2.05, 4.69) is 20.4 Å². The minimum Gasteiger partial charge on any atom is -0.225 e. The van der Waals surface area contributed by atoms with Crippen LogP contribution in [0.4, 0.5) is 0 Å². The Balaban J connectivity index is 2.99. The fraction of sp³-hybridized carbons (Fsp3) is 0.143. The van der Waals surface area contributed by atoms with Crippen molar-refractivity contribution in [3.8, 4) is 0 Å². The van der Waals surface area contributed by atoms with Crippen LogP contribution in [0.1, 0.15) is 0 Å². The summed E-state index contributed by atoms with van der Waals surface area (Å²) in [6, 6.07) is 8.55. The Bertz CT molecular complexity index is 331. The van der Waals surface area contributed by atoms with Crippen molar-refractivity contribution in [1.29, 1.82) is 0 Å². The Kier molecular flexibility index (Phi) is 3.16. The van der Waals surface area contributed by atoms with Crippen LogP contribution in [0, 0.1) is 0 Å². The Morgan fingerprint density at radius 3 is 2.42 bits per heavy atom. The lowest BCUT2D eigenvalue weighted by Gasteiger charge is -2.03. The predicted molar refractivity (Wildman–Crippen MR) is 48.3 cm³/mol. The second-order valence-electron chi connectivity index (χ2n) is 2.00. The van der Waals surface area contributed by atoms with Crippen molar-refractivity contribution in [3.63, 3.8) is 0 Å². The first-order chi connectivity index (χ1) is 5.67. The van der Waals surface area contributed by atoms with Gasteiger partial charge in [0.15, 0.2) is 0 Å². The number of benzene rings is 1. The van der Waals surface area contributed by atoms with Gasteiger partial charge in [-0.1, -0.05) is 18.2 Å². The normalized spacial score (nSPS) is 15.4. The number of hydrogen-bond donors (Lipinski definition) is 0. The molecule has 12 heavy (non-hydrogen) atoms. The van der Waals surface area contributed by atoms with Crippen LogP contribution >= 0.6 is 0 Å². The van der Waals surface area contributed by atoms with Crippen molar-refractivity contribution in [3.05, 3.63) is 30.3 Å². The lowest BCUT2D eigenvalue weighted by atomic mass is 10.4. The zero-order valence-electron chi connectivity index (χ0n) is 6.43. The zero-order chi connectivity index (χ0) is 9.03. The van der Waals surface area contributed by atoms with Crippen molar-refractivity contribution < 1.29 is 13.4 Å². The van der Waals surface area contributed by atoms with Gasteiger partial charge in [0.2, 0.25) is 8.77 Å². The molecular weight excluding hydrogens is 196 g/mol. The Morgan fingerprint density at radius 2 is 1.92 bits per heavy atom. The highest BCUT2D eigenvalue weighted by Gasteiger charge is 2.09. The third-order valence-corrected chi connectivity index (χ3v) is 3.10. The molecule has 0 N–H and O–H groups in total. The van der Waals surface area contributed by atoms with Gasteiger partial charge in [-0.05, 0) is 12.1 Å². The van der Waals surface area contributed by atoms with E-state index < -0.39 is 8.77 Å². The molecule has 5 heteroatoms. The molecule has 66 valence electrons. The zero-order valence-corrected chi connectivity index (χ0v) is 8.06. The first kappa shape index (κ1) is 9.60. The first-order valence-electron chi connectivity index (χ1n) is 3.19. The average molecular weight is 204 g/mol. The molecule has 0 aliphatic heterocycles. The third kappa shape index (κ3) is 2.25. The van der Waals surface area contributed by atoms with Crippen molar-refractivity contribution in [1.82, 2.24) is 0 Å². The standard InChI is InChI=1S/C7H8O3S2/c1-9-10-12(8,11)7-5-3-2-4-6-7/h2-6H,1H3. The van der Waals surface area contributed by atoms with Gasteiger partial charge in [0.1, 0.15) is 0 Å². The molecular formula is C7H8O3S2. The van der Waals surface area contributed by atoms with Gasteiger partial charge in [-0.15, -0.1) is 4.33 Å². The van der Waals surface area contributed by atoms with Crippen molar-refractivity contribution in [2.75, 3.05) is 7.11 Å². The fourth-order valence-electron chi connectivity index (χ4n) is 0.716. The summed E-state index contributed by atoms with van der Waals surface area (Å²) >= 11 is 4.69. The Labute approximate surface area is 76.1 Å². The summed E-state index contributed by atoms with van der Waals surface area (Å²) in [6.45, 7) is 0. The second kappa shape index (κ2) is 3.95. The molecule has 0 saturated carbocycles. The largest absolute Gasteiger partial charge is 0.225 e. The molecule has 3 nitrogen and oxygen atoms in total. The van der Waals surface area contributed by atoms with E-state index in [0.717, 1.165) is 0 Å². The van der Waals surface area contributed by atoms with Gasteiger partial charge in [-0.3, -0.25) is 0 Å². The summed E-state index contributed by atoms with van der Waals surface area (Å²) in [5.41, 5.74) is 0. The van der Waals surface area contributed by atoms with E-state index in [4.69, 9.17) is 0 Å². The van der Waals surface area contributed by atoms with Crippen molar-refractivity contribution in [2.45, 2.75) is 4.90 Å². The minimum absolute atomic E-state index is 0.446. The van der Waals surface area contributed by atoms with Crippen LogP contribution < -0.4 is 0 Å². The Hall–Kier alpha value is -0.490. The van der Waals surface area contributed by atoms with Crippen LogP contribution in [0.3, 0.4) is 0 Å². The van der Waals surface area contributed by atoms with Gasteiger partial charge in [-0.2, -0.15) is 0 Å². The first-order valence-corrected chi connectivity index (χ1v) is 5.60. The van der Waals surface area contributed by atoms with Crippen LogP contribution in [0.5, 0.6) is 0 Å². The topological polar surface area (TPSA) is 35.5 Å². The number of hydrogen-bond acceptors (Lipinski definition) is 4. The molecule has 0 heterocycles. The van der Waals surface area contributed by atoms with E-state index in [0.29, 0.717) is 4.90 Å². The van der Waals surface area contributed by atoms with Gasteiger partial charge in [-0.25, -0.2) is 9.10 Å².